The minimum Gasteiger partial charge on any atom is -0.353 e. The van der Waals surface area contributed by atoms with E-state index in [0.717, 1.165) is 11.6 Å². The minimum atomic E-state index is -4.18. The van der Waals surface area contributed by atoms with Gasteiger partial charge in [-0.25, -0.2) is 22.0 Å². The van der Waals surface area contributed by atoms with E-state index in [1.807, 2.05) is 6.07 Å². The molecule has 7 nitrogen and oxygen atoms in total. The smallest absolute Gasteiger partial charge is 0.245 e. The van der Waals surface area contributed by atoms with Gasteiger partial charge in [-0.05, 0) is 17.7 Å². The molecule has 4 N–H and O–H groups in total. The zero-order chi connectivity index (χ0) is 18.5. The van der Waals surface area contributed by atoms with Gasteiger partial charge in [0, 0.05) is 6.42 Å². The second-order valence-corrected chi connectivity index (χ2v) is 9.75. The Morgan fingerprint density at radius 2 is 1.80 bits per heavy atom. The SMILES string of the molecule is NS(=O)(=O)c1cc2c(cc1Cl)NC(Cl)(Cc1ccccc1)NS2(=O)=O. The first kappa shape index (κ1) is 18.4. The maximum atomic E-state index is 12.6. The number of hydrogen-bond acceptors (Lipinski definition) is 5. The van der Waals surface area contributed by atoms with Crippen molar-refractivity contribution in [3.8, 4) is 0 Å². The average Bonchev–Trinajstić information content (AvgIpc) is 2.44. The van der Waals surface area contributed by atoms with E-state index in [9.17, 15) is 16.8 Å². The molecule has 134 valence electrons. The van der Waals surface area contributed by atoms with E-state index in [-0.39, 0.29) is 22.0 Å². The number of rotatable bonds is 3. The lowest BCUT2D eigenvalue weighted by atomic mass is 10.1. The molecule has 0 amide bonds. The largest absolute Gasteiger partial charge is 0.353 e. The summed E-state index contributed by atoms with van der Waals surface area (Å²) >= 11 is 12.4. The third kappa shape index (κ3) is 3.76. The highest BCUT2D eigenvalue weighted by Gasteiger charge is 2.40. The molecule has 1 atom stereocenters. The summed E-state index contributed by atoms with van der Waals surface area (Å²) in [5.41, 5.74) is 0.880. The number of halogens is 2. The fourth-order valence-corrected chi connectivity index (χ4v) is 5.60. The van der Waals surface area contributed by atoms with Crippen molar-refractivity contribution in [2.24, 2.45) is 5.14 Å². The maximum absolute atomic E-state index is 12.6. The van der Waals surface area contributed by atoms with Gasteiger partial charge in [-0.1, -0.05) is 53.5 Å². The molecule has 2 aromatic rings. The molecule has 0 aromatic heterocycles. The molecule has 0 radical (unpaired) electrons. The standard InChI is InChI=1S/C14H13Cl2N3O4S2/c15-10-6-11-13(7-12(10)24(17,20)21)25(22,23)19-14(16,18-11)8-9-4-2-1-3-5-9/h1-7,18-19H,8H2,(H2,17,20,21). The Hall–Kier alpha value is -1.36. The second-order valence-electron chi connectivity index (χ2n) is 5.52. The number of nitrogens with two attached hydrogens (primary N) is 1. The Balaban J connectivity index is 2.08. The lowest BCUT2D eigenvalue weighted by Gasteiger charge is -2.35. The zero-order valence-corrected chi connectivity index (χ0v) is 15.7. The van der Waals surface area contributed by atoms with Crippen LogP contribution < -0.4 is 15.2 Å². The van der Waals surface area contributed by atoms with E-state index in [1.54, 1.807) is 24.3 Å². The first-order valence-corrected chi connectivity index (χ1v) is 10.7. The lowest BCUT2D eigenvalue weighted by Crippen LogP contribution is -2.54. The van der Waals surface area contributed by atoms with Crippen molar-refractivity contribution < 1.29 is 16.8 Å². The zero-order valence-electron chi connectivity index (χ0n) is 12.5. The predicted molar refractivity (Wildman–Crippen MR) is 95.5 cm³/mol. The topological polar surface area (TPSA) is 118 Å². The van der Waals surface area contributed by atoms with Gasteiger partial charge in [-0.15, -0.1) is 0 Å². The van der Waals surface area contributed by atoms with Crippen LogP contribution in [0, 0.1) is 0 Å². The summed E-state index contributed by atoms with van der Waals surface area (Å²) in [4.78, 5) is -0.782. The summed E-state index contributed by atoms with van der Waals surface area (Å²) in [5.74, 6) is 0. The van der Waals surface area contributed by atoms with Crippen molar-refractivity contribution in [2.45, 2.75) is 21.3 Å². The molecule has 1 heterocycles. The average molecular weight is 422 g/mol. The molecule has 1 aliphatic heterocycles. The van der Waals surface area contributed by atoms with Crippen molar-refractivity contribution in [1.82, 2.24) is 4.72 Å². The van der Waals surface area contributed by atoms with E-state index >= 15 is 0 Å². The third-order valence-corrected chi connectivity index (χ3v) is 6.89. The first-order chi connectivity index (χ1) is 11.5. The van der Waals surface area contributed by atoms with Gasteiger partial charge in [-0.2, -0.15) is 4.72 Å². The molecule has 1 aliphatic rings. The fourth-order valence-electron chi connectivity index (χ4n) is 2.54. The Bertz CT molecular complexity index is 1040. The molecule has 0 saturated carbocycles. The molecule has 2 aromatic carbocycles. The molecule has 0 spiro atoms. The lowest BCUT2D eigenvalue weighted by molar-refractivity contribution is 0.531. The molecule has 3 rings (SSSR count). The summed E-state index contributed by atoms with van der Waals surface area (Å²) in [6.45, 7) is 0. The first-order valence-electron chi connectivity index (χ1n) is 6.92. The molecule has 0 aliphatic carbocycles. The second kappa shape index (κ2) is 6.11. The summed E-state index contributed by atoms with van der Waals surface area (Å²) in [6.07, 6.45) is 0.141. The number of anilines is 1. The Labute approximate surface area is 155 Å². The van der Waals surface area contributed by atoms with Crippen molar-refractivity contribution in [3.05, 3.63) is 53.1 Å². The molecular weight excluding hydrogens is 409 g/mol. The Kier molecular flexibility index (Phi) is 4.51. The van der Waals surface area contributed by atoms with Gasteiger partial charge in [-0.3, -0.25) is 0 Å². The molecule has 1 unspecified atom stereocenters. The van der Waals surface area contributed by atoms with Crippen LogP contribution in [-0.4, -0.2) is 22.0 Å². The Morgan fingerprint density at radius 1 is 1.16 bits per heavy atom. The van der Waals surface area contributed by atoms with Gasteiger partial charge in [0.2, 0.25) is 20.0 Å². The number of sulfonamides is 2. The molecule has 0 fully saturated rings. The van der Waals surface area contributed by atoms with Crippen molar-refractivity contribution in [1.29, 1.82) is 0 Å². The summed E-state index contributed by atoms with van der Waals surface area (Å²) < 4.78 is 50.5. The number of alkyl halides is 1. The number of primary sulfonamides is 1. The van der Waals surface area contributed by atoms with Crippen LogP contribution in [0.2, 0.25) is 5.02 Å². The molecule has 0 saturated heterocycles. The highest BCUT2D eigenvalue weighted by molar-refractivity contribution is 7.90. The van der Waals surface area contributed by atoms with Gasteiger partial charge >= 0.3 is 0 Å². The van der Waals surface area contributed by atoms with Crippen LogP contribution in [-0.2, 0) is 26.5 Å². The highest BCUT2D eigenvalue weighted by Crippen LogP contribution is 2.37. The Morgan fingerprint density at radius 3 is 2.40 bits per heavy atom. The summed E-state index contributed by atoms with van der Waals surface area (Å²) in [6, 6.07) is 11.1. The van der Waals surface area contributed by atoms with E-state index in [4.69, 9.17) is 28.3 Å². The van der Waals surface area contributed by atoms with Gasteiger partial charge in [0.1, 0.15) is 9.79 Å². The van der Waals surface area contributed by atoms with Crippen molar-refractivity contribution in [3.63, 3.8) is 0 Å². The normalized spacial score (nSPS) is 22.0. The monoisotopic (exact) mass is 421 g/mol. The van der Waals surface area contributed by atoms with Gasteiger partial charge < -0.3 is 5.32 Å². The van der Waals surface area contributed by atoms with Gasteiger partial charge in [0.05, 0.1) is 10.7 Å². The summed E-state index contributed by atoms with van der Waals surface area (Å²) in [5, 5.41) is 6.18. The van der Waals surface area contributed by atoms with Crippen LogP contribution in [0.1, 0.15) is 5.56 Å². The highest BCUT2D eigenvalue weighted by atomic mass is 35.5. The molecule has 0 bridgehead atoms. The van der Waals surface area contributed by atoms with Crippen molar-refractivity contribution >= 4 is 48.9 Å². The van der Waals surface area contributed by atoms with E-state index in [1.165, 1.54) is 6.07 Å². The van der Waals surface area contributed by atoms with Crippen LogP contribution in [0.5, 0.6) is 0 Å². The van der Waals surface area contributed by atoms with Crippen LogP contribution in [0.15, 0.2) is 52.3 Å². The fraction of sp³-hybridized carbons (Fsp3) is 0.143. The van der Waals surface area contributed by atoms with Crippen LogP contribution in [0.25, 0.3) is 0 Å². The number of benzene rings is 2. The van der Waals surface area contributed by atoms with E-state index in [0.29, 0.717) is 0 Å². The van der Waals surface area contributed by atoms with E-state index < -0.39 is 30.1 Å². The predicted octanol–water partition coefficient (Wildman–Crippen LogP) is 1.83. The molecular formula is C14H13Cl2N3O4S2. The number of hydrogen-bond donors (Lipinski definition) is 3. The van der Waals surface area contributed by atoms with Crippen LogP contribution >= 0.6 is 23.2 Å². The number of fused-ring (bicyclic) bond motifs is 1. The molecule has 11 heteroatoms. The van der Waals surface area contributed by atoms with Gasteiger partial charge in [0.15, 0.2) is 5.12 Å². The molecule has 25 heavy (non-hydrogen) atoms. The van der Waals surface area contributed by atoms with Crippen molar-refractivity contribution in [2.75, 3.05) is 5.32 Å². The minimum absolute atomic E-state index is 0.0853. The quantitative estimate of drug-likeness (QED) is 0.515. The van der Waals surface area contributed by atoms with Gasteiger partial charge in [0.25, 0.3) is 0 Å². The number of nitrogens with one attached hydrogen (secondary N) is 2. The van der Waals surface area contributed by atoms with Crippen LogP contribution in [0.3, 0.4) is 0 Å². The van der Waals surface area contributed by atoms with Crippen LogP contribution in [0.4, 0.5) is 5.69 Å². The third-order valence-electron chi connectivity index (χ3n) is 3.55. The van der Waals surface area contributed by atoms with E-state index in [2.05, 4.69) is 10.0 Å². The summed E-state index contributed by atoms with van der Waals surface area (Å²) in [7, 11) is -8.27. The maximum Gasteiger partial charge on any atom is 0.245 e.